The van der Waals surface area contributed by atoms with Crippen LogP contribution in [0.3, 0.4) is 0 Å². The summed E-state index contributed by atoms with van der Waals surface area (Å²) in [5.74, 6) is 0.674. The van der Waals surface area contributed by atoms with E-state index in [1.807, 2.05) is 0 Å². The molecule has 18 heavy (non-hydrogen) atoms. The van der Waals surface area contributed by atoms with Crippen LogP contribution < -0.4 is 5.32 Å². The van der Waals surface area contributed by atoms with Gasteiger partial charge in [0.2, 0.25) is 0 Å². The van der Waals surface area contributed by atoms with E-state index < -0.39 is 6.09 Å². The average molecular weight is 480 g/mol. The Morgan fingerprint density at radius 3 is 2.11 bits per heavy atom. The third-order valence-corrected chi connectivity index (χ3v) is 6.29. The van der Waals surface area contributed by atoms with E-state index in [1.54, 1.807) is 0 Å². The fraction of sp³-hybridized carbons (Fsp3) is 0.846. The van der Waals surface area contributed by atoms with E-state index in [0.29, 0.717) is 11.8 Å². The van der Waals surface area contributed by atoms with Gasteiger partial charge in [0.05, 0.1) is 0 Å². The summed E-state index contributed by atoms with van der Waals surface area (Å²) in [6, 6.07) is 0. The maximum atomic E-state index is 11.2. The Balaban J connectivity index is 5.05. The van der Waals surface area contributed by atoms with Gasteiger partial charge in [-0.05, 0) is 18.3 Å². The van der Waals surface area contributed by atoms with Gasteiger partial charge in [-0.2, -0.15) is 0 Å². The van der Waals surface area contributed by atoms with Crippen LogP contribution in [0.5, 0.6) is 0 Å². The minimum absolute atomic E-state index is 0.302. The minimum Gasteiger partial charge on any atom is -0.465 e. The van der Waals surface area contributed by atoms with Crippen molar-refractivity contribution >= 4 is 51.3 Å². The van der Waals surface area contributed by atoms with E-state index in [4.69, 9.17) is 5.11 Å². The van der Waals surface area contributed by atoms with Gasteiger partial charge >= 0.3 is 6.09 Å². The molecule has 0 rings (SSSR count). The number of alkyl halides is 2. The lowest BCUT2D eigenvalue weighted by molar-refractivity contribution is 0.129. The molecule has 1 amide bonds. The molecule has 0 aromatic carbocycles. The monoisotopic (exact) mass is 480 g/mol. The number of carbonyl (C=O) groups is 1. The number of hydrogen-bond acceptors (Lipinski definition) is 1. The zero-order valence-electron chi connectivity index (χ0n) is 11.2. The molecule has 0 spiro atoms. The van der Waals surface area contributed by atoms with Crippen molar-refractivity contribution in [1.82, 2.24) is 5.32 Å². The van der Waals surface area contributed by atoms with Crippen LogP contribution in [0, 0.1) is 18.8 Å². The lowest BCUT2D eigenvalue weighted by Gasteiger charge is -2.43. The summed E-state index contributed by atoms with van der Waals surface area (Å²) in [7, 11) is 0. The van der Waals surface area contributed by atoms with Crippen LogP contribution in [0.2, 0.25) is 0 Å². The molecule has 0 aliphatic heterocycles. The molecule has 2 N–H and O–H groups in total. The second-order valence-corrected chi connectivity index (χ2v) is 6.65. The maximum absolute atomic E-state index is 11.2. The Morgan fingerprint density at radius 1 is 1.28 bits per heavy atom. The summed E-state index contributed by atoms with van der Waals surface area (Å²) in [6.45, 7) is 8.15. The predicted molar refractivity (Wildman–Crippen MR) is 93.8 cm³/mol. The lowest BCUT2D eigenvalue weighted by atomic mass is 9.73. The van der Waals surface area contributed by atoms with Crippen molar-refractivity contribution in [3.8, 4) is 0 Å². The average Bonchev–Trinajstić information content (AvgIpc) is 2.35. The lowest BCUT2D eigenvalue weighted by Crippen LogP contribution is -2.58. The highest BCUT2D eigenvalue weighted by Gasteiger charge is 2.41. The molecule has 0 aromatic rings. The van der Waals surface area contributed by atoms with E-state index in [9.17, 15) is 4.79 Å². The number of amides is 1. The molecule has 0 aliphatic carbocycles. The minimum atomic E-state index is -0.905. The Bertz CT molecular complexity index is 239. The van der Waals surface area contributed by atoms with Crippen LogP contribution in [-0.2, 0) is 0 Å². The number of carboxylic acid groups (broad SMARTS) is 1. The number of halogens is 2. The molecular formula is C13H24I2NO2. The molecule has 0 heterocycles. The second kappa shape index (κ2) is 9.61. The van der Waals surface area contributed by atoms with Crippen LogP contribution in [-0.4, -0.2) is 25.6 Å². The highest BCUT2D eigenvalue weighted by molar-refractivity contribution is 14.1. The molecule has 0 aromatic heterocycles. The van der Waals surface area contributed by atoms with Crippen molar-refractivity contribution in [1.29, 1.82) is 0 Å². The van der Waals surface area contributed by atoms with Crippen molar-refractivity contribution in [2.45, 2.75) is 45.1 Å². The zero-order chi connectivity index (χ0) is 14.2. The van der Waals surface area contributed by atoms with Crippen LogP contribution in [0.15, 0.2) is 0 Å². The third-order valence-electron chi connectivity index (χ3n) is 3.65. The van der Waals surface area contributed by atoms with Gasteiger partial charge in [0.1, 0.15) is 0 Å². The third kappa shape index (κ3) is 5.38. The van der Waals surface area contributed by atoms with Crippen molar-refractivity contribution < 1.29 is 9.90 Å². The molecule has 0 saturated heterocycles. The van der Waals surface area contributed by atoms with Gasteiger partial charge in [-0.3, -0.25) is 0 Å². The Labute approximate surface area is 138 Å². The first-order valence-electron chi connectivity index (χ1n) is 6.36. The summed E-state index contributed by atoms with van der Waals surface area (Å²) in [6.07, 6.45) is 3.01. The summed E-state index contributed by atoms with van der Waals surface area (Å²) >= 11 is 4.70. The van der Waals surface area contributed by atoms with Crippen molar-refractivity contribution in [2.75, 3.05) is 8.86 Å². The Hall–Kier alpha value is 0.730. The molecule has 0 bridgehead atoms. The first-order valence-corrected chi connectivity index (χ1v) is 9.42. The quantitative estimate of drug-likeness (QED) is 0.290. The van der Waals surface area contributed by atoms with Crippen molar-refractivity contribution in [2.24, 2.45) is 11.8 Å². The maximum Gasteiger partial charge on any atom is 0.405 e. The molecule has 0 fully saturated rings. The molecule has 107 valence electrons. The highest BCUT2D eigenvalue weighted by atomic mass is 127. The normalized spacial score (nSPS) is 17.8. The Kier molecular flexibility index (Phi) is 9.99. The van der Waals surface area contributed by atoms with Crippen LogP contribution in [0.4, 0.5) is 4.79 Å². The molecule has 3 nitrogen and oxygen atoms in total. The molecular weight excluding hydrogens is 456 g/mol. The topological polar surface area (TPSA) is 49.3 Å². The highest BCUT2D eigenvalue weighted by Crippen LogP contribution is 2.34. The summed E-state index contributed by atoms with van der Waals surface area (Å²) in [5, 5.41) is 12.0. The van der Waals surface area contributed by atoms with Gasteiger partial charge in [-0.15, -0.1) is 0 Å². The standard InChI is InChI=1S/C13H24I2NO2/c1-4-5-6-7-13(10(2)8-14,11(3)9-15)16-12(17)18/h10-11,16H,1,4-9H2,2-3H3,(H,17,18). The van der Waals surface area contributed by atoms with Gasteiger partial charge < -0.3 is 10.4 Å². The molecule has 0 aliphatic rings. The van der Waals surface area contributed by atoms with Crippen molar-refractivity contribution in [3.05, 3.63) is 6.92 Å². The van der Waals surface area contributed by atoms with E-state index in [0.717, 1.165) is 34.5 Å². The van der Waals surface area contributed by atoms with Gasteiger partial charge in [0, 0.05) is 14.4 Å². The van der Waals surface area contributed by atoms with Gasteiger partial charge in [-0.1, -0.05) is 85.2 Å². The van der Waals surface area contributed by atoms with Gasteiger partial charge in [0.15, 0.2) is 0 Å². The summed E-state index contributed by atoms with van der Waals surface area (Å²) in [5.41, 5.74) is -0.302. The number of rotatable bonds is 9. The van der Waals surface area contributed by atoms with E-state index >= 15 is 0 Å². The van der Waals surface area contributed by atoms with E-state index in [-0.39, 0.29) is 5.54 Å². The largest absolute Gasteiger partial charge is 0.465 e. The van der Waals surface area contributed by atoms with E-state index in [1.165, 1.54) is 0 Å². The fourth-order valence-corrected chi connectivity index (χ4v) is 3.93. The SMILES string of the molecule is [CH2]CCCCC(NC(=O)O)(C(C)CI)C(C)CI. The number of nitrogens with one attached hydrogen (secondary N) is 1. The number of hydrogen-bond donors (Lipinski definition) is 2. The van der Waals surface area contributed by atoms with Crippen molar-refractivity contribution in [3.63, 3.8) is 0 Å². The Morgan fingerprint density at radius 2 is 1.78 bits per heavy atom. The number of unbranched alkanes of at least 4 members (excludes halogenated alkanes) is 2. The molecule has 2 atom stereocenters. The first kappa shape index (κ1) is 18.7. The van der Waals surface area contributed by atoms with Crippen LogP contribution in [0.1, 0.15) is 39.5 Å². The smallest absolute Gasteiger partial charge is 0.405 e. The van der Waals surface area contributed by atoms with Gasteiger partial charge in [-0.25, -0.2) is 4.79 Å². The molecule has 1 radical (unpaired) electrons. The molecule has 2 unspecified atom stereocenters. The first-order chi connectivity index (χ1) is 8.44. The molecule has 0 saturated carbocycles. The fourth-order valence-electron chi connectivity index (χ4n) is 2.36. The summed E-state index contributed by atoms with van der Waals surface area (Å²) in [4.78, 5) is 11.2. The van der Waals surface area contributed by atoms with Gasteiger partial charge in [0.25, 0.3) is 0 Å². The van der Waals surface area contributed by atoms with E-state index in [2.05, 4.69) is 71.3 Å². The summed E-state index contributed by atoms with van der Waals surface area (Å²) < 4.78 is 1.92. The van der Waals surface area contributed by atoms with Crippen LogP contribution >= 0.6 is 45.2 Å². The van der Waals surface area contributed by atoms with Crippen LogP contribution in [0.25, 0.3) is 0 Å². The zero-order valence-corrected chi connectivity index (χ0v) is 15.5. The molecule has 5 heteroatoms. The second-order valence-electron chi connectivity index (χ2n) is 4.89. The predicted octanol–water partition coefficient (Wildman–Crippen LogP) is 4.53.